The predicted molar refractivity (Wildman–Crippen MR) is 108 cm³/mol. The first kappa shape index (κ1) is 16.3. The molecule has 2 aromatic heterocycles. The smallest absolute Gasteiger partial charge is 0.227 e. The average molecular weight is 364 g/mol. The number of benzene rings is 3. The van der Waals surface area contributed by atoms with Crippen molar-refractivity contribution in [3.63, 3.8) is 0 Å². The lowest BCUT2D eigenvalue weighted by Crippen LogP contribution is -1.86. The molecule has 0 spiro atoms. The lowest BCUT2D eigenvalue weighted by atomic mass is 10.1. The molecular formula is C24H16N2O2. The molecule has 2 heterocycles. The average Bonchev–Trinajstić information content (AvgIpc) is 3.45. The van der Waals surface area contributed by atoms with Crippen molar-refractivity contribution in [2.24, 2.45) is 0 Å². The van der Waals surface area contributed by atoms with Crippen molar-refractivity contribution in [2.45, 2.75) is 0 Å². The Balaban J connectivity index is 1.54. The topological polar surface area (TPSA) is 52.1 Å². The molecule has 0 bridgehead atoms. The molecule has 0 aliphatic heterocycles. The maximum atomic E-state index is 5.78. The summed E-state index contributed by atoms with van der Waals surface area (Å²) in [6.07, 6.45) is 3.35. The van der Waals surface area contributed by atoms with Crippen LogP contribution in [0.4, 0.5) is 0 Å². The third-order valence-corrected chi connectivity index (χ3v) is 4.54. The van der Waals surface area contributed by atoms with Crippen molar-refractivity contribution in [1.82, 2.24) is 9.97 Å². The Morgan fingerprint density at radius 2 is 0.857 bits per heavy atom. The van der Waals surface area contributed by atoms with Crippen molar-refractivity contribution in [2.75, 3.05) is 0 Å². The fourth-order valence-electron chi connectivity index (χ4n) is 3.13. The summed E-state index contributed by atoms with van der Waals surface area (Å²) in [6, 6.07) is 27.7. The first-order valence-electron chi connectivity index (χ1n) is 9.00. The zero-order chi connectivity index (χ0) is 18.8. The Morgan fingerprint density at radius 1 is 0.464 bits per heavy atom. The van der Waals surface area contributed by atoms with Gasteiger partial charge in [0.05, 0.1) is 0 Å². The predicted octanol–water partition coefficient (Wildman–Crippen LogP) is 6.33. The van der Waals surface area contributed by atoms with Gasteiger partial charge in [0.1, 0.15) is 23.9 Å². The van der Waals surface area contributed by atoms with Crippen LogP contribution in [0.15, 0.2) is 106 Å². The maximum absolute atomic E-state index is 5.78. The van der Waals surface area contributed by atoms with Crippen LogP contribution in [-0.2, 0) is 0 Å². The van der Waals surface area contributed by atoms with Crippen LogP contribution >= 0.6 is 0 Å². The van der Waals surface area contributed by atoms with Crippen molar-refractivity contribution in [1.29, 1.82) is 0 Å². The highest BCUT2D eigenvalue weighted by atomic mass is 16.3. The van der Waals surface area contributed by atoms with Gasteiger partial charge in [-0.3, -0.25) is 0 Å². The highest BCUT2D eigenvalue weighted by Crippen LogP contribution is 2.33. The molecule has 0 aliphatic carbocycles. The minimum Gasteiger partial charge on any atom is -0.444 e. The van der Waals surface area contributed by atoms with Crippen molar-refractivity contribution in [3.8, 4) is 45.4 Å². The molecule has 0 radical (unpaired) electrons. The van der Waals surface area contributed by atoms with E-state index < -0.39 is 0 Å². The molecule has 0 amide bonds. The number of aromatic nitrogens is 2. The summed E-state index contributed by atoms with van der Waals surface area (Å²) in [4.78, 5) is 9.33. The molecule has 5 rings (SSSR count). The summed E-state index contributed by atoms with van der Waals surface area (Å²) in [7, 11) is 0. The molecule has 0 aliphatic rings. The highest BCUT2D eigenvalue weighted by Gasteiger charge is 2.17. The Morgan fingerprint density at radius 3 is 1.29 bits per heavy atom. The van der Waals surface area contributed by atoms with Gasteiger partial charge in [0.2, 0.25) is 11.8 Å². The number of oxazole rings is 2. The van der Waals surface area contributed by atoms with Gasteiger partial charge in [0.25, 0.3) is 0 Å². The van der Waals surface area contributed by atoms with Crippen molar-refractivity contribution in [3.05, 3.63) is 97.5 Å². The quantitative estimate of drug-likeness (QED) is 0.374. The van der Waals surface area contributed by atoms with Gasteiger partial charge in [-0.25, -0.2) is 9.97 Å². The van der Waals surface area contributed by atoms with Crippen LogP contribution in [0.1, 0.15) is 0 Å². The van der Waals surface area contributed by atoms with Gasteiger partial charge < -0.3 is 8.83 Å². The van der Waals surface area contributed by atoms with Gasteiger partial charge in [0, 0.05) is 22.3 Å². The molecule has 0 N–H and O–H groups in total. The second-order valence-electron chi connectivity index (χ2n) is 6.35. The third-order valence-electron chi connectivity index (χ3n) is 4.54. The summed E-state index contributed by atoms with van der Waals surface area (Å²) in [5.74, 6) is 1.07. The van der Waals surface area contributed by atoms with Gasteiger partial charge in [-0.2, -0.15) is 0 Å². The van der Waals surface area contributed by atoms with Crippen LogP contribution in [-0.4, -0.2) is 9.97 Å². The lowest BCUT2D eigenvalue weighted by molar-refractivity contribution is 0.567. The Kier molecular flexibility index (Phi) is 4.07. The second-order valence-corrected chi connectivity index (χ2v) is 6.35. The minimum atomic E-state index is 0.536. The van der Waals surface area contributed by atoms with E-state index in [4.69, 9.17) is 8.83 Å². The van der Waals surface area contributed by atoms with Crippen molar-refractivity contribution >= 4 is 0 Å². The highest BCUT2D eigenvalue weighted by molar-refractivity contribution is 5.77. The lowest BCUT2D eigenvalue weighted by Gasteiger charge is -2.02. The molecule has 0 saturated heterocycles. The largest absolute Gasteiger partial charge is 0.444 e. The standard InChI is InChI=1S/C24H16N2O2/c1-3-9-17(10-4-1)21-15-27-23(25-21)19-13-7-8-14-20(19)24-26-22(16-28-24)18-11-5-2-6-12-18/h1-16H. The van der Waals surface area contributed by atoms with E-state index in [1.54, 1.807) is 12.5 Å². The van der Waals surface area contributed by atoms with Crippen LogP contribution in [0.2, 0.25) is 0 Å². The Labute approximate surface area is 162 Å². The minimum absolute atomic E-state index is 0.536. The molecule has 4 nitrogen and oxygen atoms in total. The molecule has 28 heavy (non-hydrogen) atoms. The molecular weight excluding hydrogens is 348 g/mol. The third kappa shape index (κ3) is 3.01. The maximum Gasteiger partial charge on any atom is 0.227 e. The summed E-state index contributed by atoms with van der Waals surface area (Å²) in [5, 5.41) is 0. The molecule has 5 aromatic rings. The number of hydrogen-bond acceptors (Lipinski definition) is 4. The van der Waals surface area contributed by atoms with E-state index in [2.05, 4.69) is 9.97 Å². The number of nitrogens with zero attached hydrogens (tertiary/aromatic N) is 2. The molecule has 4 heteroatoms. The molecule has 0 fully saturated rings. The number of rotatable bonds is 4. The van der Waals surface area contributed by atoms with Crippen molar-refractivity contribution < 1.29 is 8.83 Å². The van der Waals surface area contributed by atoms with E-state index in [9.17, 15) is 0 Å². The van der Waals surface area contributed by atoms with Gasteiger partial charge in [-0.1, -0.05) is 72.8 Å². The van der Waals surface area contributed by atoms with Gasteiger partial charge in [-0.15, -0.1) is 0 Å². The molecule has 0 saturated carbocycles. The van der Waals surface area contributed by atoms with Crippen LogP contribution < -0.4 is 0 Å². The Hall–Kier alpha value is -3.92. The fraction of sp³-hybridized carbons (Fsp3) is 0. The van der Waals surface area contributed by atoms with E-state index in [-0.39, 0.29) is 0 Å². The summed E-state index contributed by atoms with van der Waals surface area (Å²) in [5.41, 5.74) is 5.29. The van der Waals surface area contributed by atoms with E-state index >= 15 is 0 Å². The second kappa shape index (κ2) is 7.00. The van der Waals surface area contributed by atoms with Gasteiger partial charge in [-0.05, 0) is 12.1 Å². The fourth-order valence-corrected chi connectivity index (χ4v) is 3.13. The molecule has 0 atom stereocenters. The van der Waals surface area contributed by atoms with Gasteiger partial charge in [0.15, 0.2) is 0 Å². The first-order valence-corrected chi connectivity index (χ1v) is 9.00. The SMILES string of the molecule is c1ccc(-c2coc(-c3ccccc3-c3nc(-c4ccccc4)co3)n2)cc1. The summed E-state index contributed by atoms with van der Waals surface area (Å²) < 4.78 is 11.6. The zero-order valence-corrected chi connectivity index (χ0v) is 14.9. The molecule has 0 unspecified atom stereocenters. The van der Waals surface area contributed by atoms with Crippen LogP contribution in [0.5, 0.6) is 0 Å². The Bertz CT molecular complexity index is 1110. The first-order chi connectivity index (χ1) is 13.9. The molecule has 3 aromatic carbocycles. The van der Waals surface area contributed by atoms with E-state index in [1.165, 1.54) is 0 Å². The zero-order valence-electron chi connectivity index (χ0n) is 14.9. The van der Waals surface area contributed by atoms with Crippen LogP contribution in [0, 0.1) is 0 Å². The molecule has 134 valence electrons. The monoisotopic (exact) mass is 364 g/mol. The van der Waals surface area contributed by atoms with Crippen LogP contribution in [0.25, 0.3) is 45.4 Å². The van der Waals surface area contributed by atoms with E-state index in [0.29, 0.717) is 11.8 Å². The normalized spacial score (nSPS) is 10.9. The number of hydrogen-bond donors (Lipinski definition) is 0. The summed E-state index contributed by atoms with van der Waals surface area (Å²) in [6.45, 7) is 0. The van der Waals surface area contributed by atoms with Gasteiger partial charge >= 0.3 is 0 Å². The van der Waals surface area contributed by atoms with E-state index in [1.807, 2.05) is 84.9 Å². The van der Waals surface area contributed by atoms with E-state index in [0.717, 1.165) is 33.6 Å². The summed E-state index contributed by atoms with van der Waals surface area (Å²) >= 11 is 0. The van der Waals surface area contributed by atoms with Crippen LogP contribution in [0.3, 0.4) is 0 Å².